The van der Waals surface area contributed by atoms with Crippen LogP contribution in [0.25, 0.3) is 17.2 Å². The maximum absolute atomic E-state index is 12.9. The summed E-state index contributed by atoms with van der Waals surface area (Å²) in [5.74, 6) is 0.945. The van der Waals surface area contributed by atoms with Crippen molar-refractivity contribution in [2.45, 2.75) is 12.8 Å². The molecule has 2 amide bonds. The Hall–Kier alpha value is -3.62. The number of methoxy groups -OCH3 is 2. The first-order chi connectivity index (χ1) is 17.5. The lowest BCUT2D eigenvalue weighted by molar-refractivity contribution is -0.122. The van der Waals surface area contributed by atoms with Crippen LogP contribution < -0.4 is 14.8 Å². The van der Waals surface area contributed by atoms with Gasteiger partial charge in [0.15, 0.2) is 11.5 Å². The van der Waals surface area contributed by atoms with Crippen LogP contribution in [-0.2, 0) is 9.59 Å². The number of amides is 2. The number of anilines is 1. The maximum Gasteiger partial charge on any atom is 0.266 e. The molecule has 0 unspecified atom stereocenters. The molecular formula is C28H26N2O4S2. The molecule has 1 N–H and O–H groups in total. The van der Waals surface area contributed by atoms with Gasteiger partial charge in [0, 0.05) is 18.7 Å². The van der Waals surface area contributed by atoms with Crippen LogP contribution in [0.3, 0.4) is 0 Å². The van der Waals surface area contributed by atoms with E-state index in [4.69, 9.17) is 21.7 Å². The molecule has 3 aromatic rings. The van der Waals surface area contributed by atoms with E-state index < -0.39 is 0 Å². The zero-order valence-corrected chi connectivity index (χ0v) is 21.7. The topological polar surface area (TPSA) is 67.9 Å². The molecule has 6 nitrogen and oxygen atoms in total. The quantitative estimate of drug-likeness (QED) is 0.277. The lowest BCUT2D eigenvalue weighted by Gasteiger charge is -2.14. The van der Waals surface area contributed by atoms with E-state index in [-0.39, 0.29) is 18.2 Å². The van der Waals surface area contributed by atoms with E-state index in [0.717, 1.165) is 22.4 Å². The Balaban J connectivity index is 1.29. The normalized spacial score (nSPS) is 14.3. The van der Waals surface area contributed by atoms with Crippen molar-refractivity contribution in [3.63, 3.8) is 0 Å². The highest BCUT2D eigenvalue weighted by atomic mass is 32.2. The molecule has 1 saturated heterocycles. The summed E-state index contributed by atoms with van der Waals surface area (Å²) in [6, 6.07) is 23.3. The Bertz CT molecular complexity index is 1290. The van der Waals surface area contributed by atoms with Gasteiger partial charge in [-0.25, -0.2) is 0 Å². The number of hydrogen-bond donors (Lipinski definition) is 1. The summed E-state index contributed by atoms with van der Waals surface area (Å²) in [7, 11) is 3.14. The van der Waals surface area contributed by atoms with Crippen molar-refractivity contribution < 1.29 is 19.1 Å². The molecule has 0 atom stereocenters. The number of nitrogens with zero attached hydrogens (tertiary/aromatic N) is 1. The van der Waals surface area contributed by atoms with Gasteiger partial charge in [-0.3, -0.25) is 14.5 Å². The summed E-state index contributed by atoms with van der Waals surface area (Å²) in [5, 5.41) is 2.92. The van der Waals surface area contributed by atoms with E-state index in [0.29, 0.717) is 33.7 Å². The molecule has 0 radical (unpaired) electrons. The third kappa shape index (κ3) is 6.13. The monoisotopic (exact) mass is 518 g/mol. The minimum Gasteiger partial charge on any atom is -0.493 e. The largest absolute Gasteiger partial charge is 0.493 e. The highest BCUT2D eigenvalue weighted by Crippen LogP contribution is 2.34. The molecule has 4 rings (SSSR count). The first-order valence-electron chi connectivity index (χ1n) is 11.4. The Kier molecular flexibility index (Phi) is 8.40. The highest BCUT2D eigenvalue weighted by Gasteiger charge is 2.31. The third-order valence-electron chi connectivity index (χ3n) is 5.64. The molecule has 0 aliphatic carbocycles. The van der Waals surface area contributed by atoms with Crippen molar-refractivity contribution >= 4 is 51.9 Å². The summed E-state index contributed by atoms with van der Waals surface area (Å²) >= 11 is 6.67. The van der Waals surface area contributed by atoms with Gasteiger partial charge in [-0.15, -0.1) is 0 Å². The van der Waals surface area contributed by atoms with E-state index >= 15 is 0 Å². The zero-order chi connectivity index (χ0) is 25.5. The molecule has 184 valence electrons. The second-order valence-electron chi connectivity index (χ2n) is 8.04. The van der Waals surface area contributed by atoms with Crippen LogP contribution in [0, 0.1) is 0 Å². The maximum atomic E-state index is 12.9. The summed E-state index contributed by atoms with van der Waals surface area (Å²) in [6.45, 7) is 0.383. The Morgan fingerprint density at radius 3 is 2.36 bits per heavy atom. The standard InChI is InChI=1S/C28H26N2O4S2/c1-33-23-15-10-19(17-24(23)34-2)18-25-27(32)30(28(35)36-25)16-6-9-26(31)29-22-13-11-21(12-14-22)20-7-4-3-5-8-20/h3-5,7-8,10-15,17-18H,6,9,16H2,1-2H3,(H,29,31)/b25-18-. The lowest BCUT2D eigenvalue weighted by atomic mass is 10.1. The minimum absolute atomic E-state index is 0.103. The van der Waals surface area contributed by atoms with Crippen LogP contribution in [0.4, 0.5) is 5.69 Å². The fourth-order valence-corrected chi connectivity index (χ4v) is 5.09. The molecule has 0 saturated carbocycles. The number of thiocarbonyl (C=S) groups is 1. The van der Waals surface area contributed by atoms with E-state index in [1.807, 2.05) is 66.7 Å². The first-order valence-corrected chi connectivity index (χ1v) is 12.6. The minimum atomic E-state index is -0.156. The van der Waals surface area contributed by atoms with Gasteiger partial charge < -0.3 is 14.8 Å². The predicted octanol–water partition coefficient (Wildman–Crippen LogP) is 5.99. The van der Waals surface area contributed by atoms with Crippen molar-refractivity contribution in [3.05, 3.63) is 83.3 Å². The second kappa shape index (κ2) is 11.9. The summed E-state index contributed by atoms with van der Waals surface area (Å²) in [6.07, 6.45) is 2.57. The number of benzene rings is 3. The average Bonchev–Trinajstić information content (AvgIpc) is 3.16. The lowest BCUT2D eigenvalue weighted by Crippen LogP contribution is -2.29. The highest BCUT2D eigenvalue weighted by molar-refractivity contribution is 8.26. The molecule has 1 fully saturated rings. The van der Waals surface area contributed by atoms with Gasteiger partial charge in [-0.1, -0.05) is 72.5 Å². The number of carbonyl (C=O) groups is 2. The van der Waals surface area contributed by atoms with Gasteiger partial charge >= 0.3 is 0 Å². The fourth-order valence-electron chi connectivity index (χ4n) is 3.78. The summed E-state index contributed by atoms with van der Waals surface area (Å²) in [5.41, 5.74) is 3.76. The van der Waals surface area contributed by atoms with Crippen LogP contribution in [0.5, 0.6) is 11.5 Å². The van der Waals surface area contributed by atoms with E-state index in [9.17, 15) is 9.59 Å². The Morgan fingerprint density at radius 2 is 1.67 bits per heavy atom. The van der Waals surface area contributed by atoms with Gasteiger partial charge in [0.2, 0.25) is 5.91 Å². The smallest absolute Gasteiger partial charge is 0.266 e. The van der Waals surface area contributed by atoms with E-state index in [1.165, 1.54) is 11.8 Å². The zero-order valence-electron chi connectivity index (χ0n) is 20.0. The molecule has 0 aromatic heterocycles. The van der Waals surface area contributed by atoms with Crippen molar-refractivity contribution in [1.82, 2.24) is 4.90 Å². The Labute approximate surface area is 220 Å². The van der Waals surface area contributed by atoms with Crippen LogP contribution in [0.2, 0.25) is 0 Å². The van der Waals surface area contributed by atoms with Gasteiger partial charge in [0.1, 0.15) is 4.32 Å². The first kappa shape index (κ1) is 25.5. The van der Waals surface area contributed by atoms with Gasteiger partial charge in [-0.05, 0) is 53.5 Å². The third-order valence-corrected chi connectivity index (χ3v) is 7.02. The van der Waals surface area contributed by atoms with Crippen LogP contribution in [-0.4, -0.2) is 41.8 Å². The van der Waals surface area contributed by atoms with E-state index in [2.05, 4.69) is 5.32 Å². The molecule has 1 heterocycles. The van der Waals surface area contributed by atoms with Crippen molar-refractivity contribution in [2.75, 3.05) is 26.1 Å². The number of carbonyl (C=O) groups excluding carboxylic acids is 2. The van der Waals surface area contributed by atoms with Crippen LogP contribution in [0.15, 0.2) is 77.7 Å². The number of rotatable bonds is 9. The number of nitrogens with one attached hydrogen (secondary N) is 1. The fraction of sp³-hybridized carbons (Fsp3) is 0.179. The molecule has 1 aliphatic heterocycles. The summed E-state index contributed by atoms with van der Waals surface area (Å²) < 4.78 is 11.1. The molecule has 8 heteroatoms. The molecule has 36 heavy (non-hydrogen) atoms. The van der Waals surface area contributed by atoms with Gasteiger partial charge in [0.25, 0.3) is 5.91 Å². The molecule has 0 bridgehead atoms. The number of ether oxygens (including phenoxy) is 2. The SMILES string of the molecule is COc1ccc(/C=C2\SC(=S)N(CCCC(=O)Nc3ccc(-c4ccccc4)cc3)C2=O)cc1OC. The number of hydrogen-bond acceptors (Lipinski definition) is 6. The van der Waals surface area contributed by atoms with E-state index in [1.54, 1.807) is 31.3 Å². The van der Waals surface area contributed by atoms with Crippen LogP contribution >= 0.6 is 24.0 Å². The van der Waals surface area contributed by atoms with Crippen molar-refractivity contribution in [1.29, 1.82) is 0 Å². The number of thioether (sulfide) groups is 1. The van der Waals surface area contributed by atoms with Crippen molar-refractivity contribution in [2.24, 2.45) is 0 Å². The Morgan fingerprint density at radius 1 is 0.972 bits per heavy atom. The van der Waals surface area contributed by atoms with Crippen LogP contribution in [0.1, 0.15) is 18.4 Å². The average molecular weight is 519 g/mol. The molecule has 1 aliphatic rings. The molecular weight excluding hydrogens is 492 g/mol. The summed E-state index contributed by atoms with van der Waals surface area (Å²) in [4.78, 5) is 27.4. The van der Waals surface area contributed by atoms with Crippen molar-refractivity contribution in [3.8, 4) is 22.6 Å². The second-order valence-corrected chi connectivity index (χ2v) is 9.72. The van der Waals surface area contributed by atoms with Gasteiger partial charge in [0.05, 0.1) is 19.1 Å². The molecule has 0 spiro atoms. The van der Waals surface area contributed by atoms with Gasteiger partial charge in [-0.2, -0.15) is 0 Å². The molecule has 3 aromatic carbocycles. The predicted molar refractivity (Wildman–Crippen MR) is 149 cm³/mol.